The molecule has 2 atom stereocenters. The monoisotopic (exact) mass is 791 g/mol. The Morgan fingerprint density at radius 1 is 0.339 bits per heavy atom. The molecule has 0 radical (unpaired) electrons. The molecule has 12 rings (SSSR count). The molecule has 2 heteroatoms. The van der Waals surface area contributed by atoms with E-state index < -0.39 is 0 Å². The average Bonchev–Trinajstić information content (AvgIpc) is 3.71. The van der Waals surface area contributed by atoms with Crippen molar-refractivity contribution < 1.29 is 4.42 Å². The largest absolute Gasteiger partial charge is 0.454 e. The van der Waals surface area contributed by atoms with Gasteiger partial charge in [0.2, 0.25) is 0 Å². The van der Waals surface area contributed by atoms with Gasteiger partial charge in [0.15, 0.2) is 5.42 Å². The minimum absolute atomic E-state index is 0.0434. The van der Waals surface area contributed by atoms with Gasteiger partial charge in [0.05, 0.1) is 6.04 Å². The van der Waals surface area contributed by atoms with Crippen molar-refractivity contribution in [3.63, 3.8) is 0 Å². The highest BCUT2D eigenvalue weighted by Gasteiger charge is 2.30. The molecular formula is C60H41NO. The van der Waals surface area contributed by atoms with E-state index in [9.17, 15) is 0 Å². The van der Waals surface area contributed by atoms with Crippen LogP contribution in [0.25, 0.3) is 93.4 Å². The summed E-state index contributed by atoms with van der Waals surface area (Å²) in [7, 11) is 0. The molecule has 0 spiro atoms. The highest BCUT2D eigenvalue weighted by molar-refractivity contribution is 6.25. The maximum Gasteiger partial charge on any atom is 0.157 e. The zero-order valence-electron chi connectivity index (χ0n) is 34.3. The number of furan rings is 1. The SMILES string of the molecule is CC1C(c2ccc(-c3ccc(-c4ccccc4)cc3)cc2)=c2oc3cc(-c4cccc(-c5ccc6c7ccccc7c7ccccc7c6c5)c4)ccc3c2=NC1c1ccccc1. The third-order valence-electron chi connectivity index (χ3n) is 13.0. The topological polar surface area (TPSA) is 25.5 Å². The van der Waals surface area contributed by atoms with Gasteiger partial charge in [-0.3, -0.25) is 4.99 Å². The van der Waals surface area contributed by atoms with Crippen molar-refractivity contribution in [2.75, 3.05) is 0 Å². The molecule has 1 aromatic heterocycles. The van der Waals surface area contributed by atoms with Gasteiger partial charge in [-0.2, -0.15) is 0 Å². The molecule has 0 aliphatic carbocycles. The van der Waals surface area contributed by atoms with Crippen molar-refractivity contribution in [3.05, 3.63) is 240 Å². The molecule has 0 saturated heterocycles. The van der Waals surface area contributed by atoms with E-state index in [0.717, 1.165) is 38.4 Å². The van der Waals surface area contributed by atoms with Crippen LogP contribution in [-0.2, 0) is 0 Å². The molecule has 0 N–H and O–H groups in total. The predicted molar refractivity (Wildman–Crippen MR) is 259 cm³/mol. The van der Waals surface area contributed by atoms with E-state index in [1.54, 1.807) is 0 Å². The van der Waals surface area contributed by atoms with Crippen LogP contribution in [0.5, 0.6) is 0 Å². The normalized spacial score (nSPS) is 15.0. The fraction of sp³-hybridized carbons (Fsp3) is 0.0500. The van der Waals surface area contributed by atoms with Gasteiger partial charge in [-0.1, -0.05) is 201 Å². The van der Waals surface area contributed by atoms with E-state index >= 15 is 0 Å². The summed E-state index contributed by atoms with van der Waals surface area (Å²) < 4.78 is 6.95. The zero-order valence-corrected chi connectivity index (χ0v) is 34.3. The summed E-state index contributed by atoms with van der Waals surface area (Å²) in [5, 5.41) is 9.66. The highest BCUT2D eigenvalue weighted by Crippen LogP contribution is 2.40. The fourth-order valence-corrected chi connectivity index (χ4v) is 9.89. The summed E-state index contributed by atoms with van der Waals surface area (Å²) in [6, 6.07) is 79.0. The molecule has 11 aromatic rings. The molecule has 292 valence electrons. The van der Waals surface area contributed by atoms with Crippen LogP contribution in [0.2, 0.25) is 0 Å². The Labute approximate surface area is 360 Å². The minimum Gasteiger partial charge on any atom is -0.454 e. The first-order valence-electron chi connectivity index (χ1n) is 21.5. The second kappa shape index (κ2) is 14.7. The van der Waals surface area contributed by atoms with Crippen LogP contribution in [0.4, 0.5) is 0 Å². The first-order valence-corrected chi connectivity index (χ1v) is 21.5. The first kappa shape index (κ1) is 36.1. The van der Waals surface area contributed by atoms with E-state index in [1.165, 1.54) is 76.8 Å². The second-order valence-corrected chi connectivity index (χ2v) is 16.6. The third kappa shape index (κ3) is 6.06. The van der Waals surface area contributed by atoms with E-state index in [-0.39, 0.29) is 12.0 Å². The Morgan fingerprint density at radius 2 is 0.758 bits per heavy atom. The van der Waals surface area contributed by atoms with Crippen LogP contribution in [0.15, 0.2) is 228 Å². The molecule has 0 saturated carbocycles. The van der Waals surface area contributed by atoms with Gasteiger partial charge in [-0.15, -0.1) is 0 Å². The lowest BCUT2D eigenvalue weighted by molar-refractivity contribution is 0.506. The van der Waals surface area contributed by atoms with Gasteiger partial charge in [-0.25, -0.2) is 0 Å². The van der Waals surface area contributed by atoms with Crippen molar-refractivity contribution in [1.29, 1.82) is 0 Å². The molecule has 1 aliphatic rings. The van der Waals surface area contributed by atoms with Crippen LogP contribution >= 0.6 is 0 Å². The van der Waals surface area contributed by atoms with E-state index in [4.69, 9.17) is 9.41 Å². The first-order chi connectivity index (χ1) is 30.6. The summed E-state index contributed by atoms with van der Waals surface area (Å²) >= 11 is 0. The smallest absolute Gasteiger partial charge is 0.157 e. The lowest BCUT2D eigenvalue weighted by Gasteiger charge is -2.26. The van der Waals surface area contributed by atoms with Gasteiger partial charge in [0.1, 0.15) is 10.9 Å². The van der Waals surface area contributed by atoms with Crippen LogP contribution < -0.4 is 10.8 Å². The van der Waals surface area contributed by atoms with Gasteiger partial charge in [0, 0.05) is 16.9 Å². The van der Waals surface area contributed by atoms with Crippen LogP contribution in [0.1, 0.15) is 24.1 Å². The highest BCUT2D eigenvalue weighted by atomic mass is 16.3. The minimum atomic E-state index is -0.0434. The Hall–Kier alpha value is -7.81. The molecule has 0 amide bonds. The van der Waals surface area contributed by atoms with Gasteiger partial charge in [-0.05, 0) is 112 Å². The number of rotatable bonds is 6. The van der Waals surface area contributed by atoms with E-state index in [2.05, 4.69) is 225 Å². The molecule has 0 fully saturated rings. The van der Waals surface area contributed by atoms with Gasteiger partial charge < -0.3 is 4.42 Å². The maximum atomic E-state index is 6.95. The Kier molecular flexibility index (Phi) is 8.57. The van der Waals surface area contributed by atoms with Gasteiger partial charge in [0.25, 0.3) is 0 Å². The molecule has 62 heavy (non-hydrogen) atoms. The molecule has 2 unspecified atom stereocenters. The van der Waals surface area contributed by atoms with Crippen molar-refractivity contribution in [1.82, 2.24) is 0 Å². The molecular weight excluding hydrogens is 751 g/mol. The summed E-state index contributed by atoms with van der Waals surface area (Å²) in [5.74, 6) is 0.0923. The van der Waals surface area contributed by atoms with Gasteiger partial charge >= 0.3 is 0 Å². The quantitative estimate of drug-likeness (QED) is 0.154. The molecule has 2 nitrogen and oxygen atoms in total. The van der Waals surface area contributed by atoms with Crippen LogP contribution in [0, 0.1) is 5.92 Å². The van der Waals surface area contributed by atoms with Crippen molar-refractivity contribution >= 4 is 48.9 Å². The Balaban J connectivity index is 0.944. The van der Waals surface area contributed by atoms with Crippen molar-refractivity contribution in [2.45, 2.75) is 13.0 Å². The number of fused-ring (bicyclic) bond motifs is 9. The number of hydrogen-bond acceptors (Lipinski definition) is 2. The summed E-state index contributed by atoms with van der Waals surface area (Å²) in [6.07, 6.45) is 0. The third-order valence-corrected chi connectivity index (χ3v) is 13.0. The molecule has 2 heterocycles. The fourth-order valence-electron chi connectivity index (χ4n) is 9.89. The van der Waals surface area contributed by atoms with Crippen LogP contribution in [0.3, 0.4) is 0 Å². The Bertz CT molecular complexity index is 3590. The zero-order chi connectivity index (χ0) is 41.1. The lowest BCUT2D eigenvalue weighted by atomic mass is 9.83. The summed E-state index contributed by atoms with van der Waals surface area (Å²) in [4.78, 5) is 5.47. The van der Waals surface area contributed by atoms with Crippen molar-refractivity contribution in [2.24, 2.45) is 10.9 Å². The number of hydrogen-bond donors (Lipinski definition) is 0. The maximum absolute atomic E-state index is 6.95. The number of nitrogens with zero attached hydrogens (tertiary/aromatic N) is 1. The summed E-state index contributed by atoms with van der Waals surface area (Å²) in [6.45, 7) is 2.29. The molecule has 1 aliphatic heterocycles. The second-order valence-electron chi connectivity index (χ2n) is 16.6. The van der Waals surface area contributed by atoms with Crippen molar-refractivity contribution in [3.8, 4) is 44.5 Å². The predicted octanol–water partition coefficient (Wildman–Crippen LogP) is 14.8. The molecule has 0 bridgehead atoms. The average molecular weight is 792 g/mol. The Morgan fingerprint density at radius 3 is 1.35 bits per heavy atom. The van der Waals surface area contributed by atoms with E-state index in [0.29, 0.717) is 0 Å². The lowest BCUT2D eigenvalue weighted by Crippen LogP contribution is -2.33. The molecule has 10 aromatic carbocycles. The number of benzene rings is 10. The summed E-state index contributed by atoms with van der Waals surface area (Å²) in [5.41, 5.74) is 14.7. The van der Waals surface area contributed by atoms with E-state index in [1.807, 2.05) is 0 Å². The van der Waals surface area contributed by atoms with Crippen LogP contribution in [-0.4, -0.2) is 0 Å². The standard InChI is InChI=1S/C60H41NO/c1-38-57(43-29-27-42(28-30-43)41-25-23-40(24-26-41)39-13-4-2-5-14-39)60-59(61-58(38)44-15-6-3-7-16-44)54-34-32-48(37-56(54)62-60)46-18-12-17-45(35-46)47-31-33-53-51-21-9-8-19-49(51)50-20-10-11-22-52(50)55(53)36-47/h2-38,58H,1H3.